The van der Waals surface area contributed by atoms with Gasteiger partial charge in [0.05, 0.1) is 17.1 Å². The summed E-state index contributed by atoms with van der Waals surface area (Å²) in [6.07, 6.45) is 2.90. The van der Waals surface area contributed by atoms with E-state index < -0.39 is 0 Å². The molecule has 2 N–H and O–H groups in total. The van der Waals surface area contributed by atoms with Crippen molar-refractivity contribution in [3.63, 3.8) is 0 Å². The minimum Gasteiger partial charge on any atom is -0.399 e. The van der Waals surface area contributed by atoms with Crippen LogP contribution in [0.25, 0.3) is 17.1 Å². The molecule has 0 radical (unpaired) electrons. The minimum atomic E-state index is 0.749. The van der Waals surface area contributed by atoms with Crippen LogP contribution in [0.2, 0.25) is 0 Å². The van der Waals surface area contributed by atoms with Crippen LogP contribution in [0.3, 0.4) is 0 Å². The quantitative estimate of drug-likeness (QED) is 0.513. The molecule has 3 heterocycles. The van der Waals surface area contributed by atoms with Crippen molar-refractivity contribution in [2.75, 3.05) is 12.3 Å². The molecular formula is C25H26N6. The first-order chi connectivity index (χ1) is 15.1. The SMILES string of the molecule is Cc1nn(-c2ccccc2)c(C)c1CN1CCc2nc(-c3ccc(N)cc3)ncc2C1. The lowest BCUT2D eigenvalue weighted by atomic mass is 10.1. The van der Waals surface area contributed by atoms with Crippen LogP contribution in [0.4, 0.5) is 5.69 Å². The molecule has 31 heavy (non-hydrogen) atoms. The first kappa shape index (κ1) is 19.5. The summed E-state index contributed by atoms with van der Waals surface area (Å²) in [4.78, 5) is 11.9. The summed E-state index contributed by atoms with van der Waals surface area (Å²) >= 11 is 0. The van der Waals surface area contributed by atoms with Gasteiger partial charge in [0, 0.05) is 60.3 Å². The highest BCUT2D eigenvalue weighted by molar-refractivity contribution is 5.58. The molecule has 1 aliphatic rings. The van der Waals surface area contributed by atoms with E-state index >= 15 is 0 Å². The fourth-order valence-corrected chi connectivity index (χ4v) is 4.23. The zero-order chi connectivity index (χ0) is 21.4. The van der Waals surface area contributed by atoms with Gasteiger partial charge in [0.1, 0.15) is 0 Å². The molecule has 1 aliphatic heterocycles. The van der Waals surface area contributed by atoms with Gasteiger partial charge in [0.2, 0.25) is 0 Å². The molecule has 0 aliphatic carbocycles. The average Bonchev–Trinajstić information content (AvgIpc) is 3.08. The van der Waals surface area contributed by atoms with Crippen LogP contribution < -0.4 is 5.73 Å². The summed E-state index contributed by atoms with van der Waals surface area (Å²) in [5.41, 5.74) is 14.6. The van der Waals surface area contributed by atoms with Crippen LogP contribution in [-0.2, 0) is 19.5 Å². The second kappa shape index (κ2) is 7.96. The van der Waals surface area contributed by atoms with Crippen molar-refractivity contribution in [3.8, 4) is 17.1 Å². The Morgan fingerprint density at radius 2 is 1.77 bits per heavy atom. The lowest BCUT2D eigenvalue weighted by Crippen LogP contribution is -2.31. The van der Waals surface area contributed by atoms with E-state index in [1.807, 2.05) is 53.3 Å². The van der Waals surface area contributed by atoms with E-state index in [1.165, 1.54) is 16.8 Å². The molecule has 0 amide bonds. The molecule has 0 bridgehead atoms. The number of aryl methyl sites for hydroxylation is 1. The Kier molecular flexibility index (Phi) is 5.00. The Morgan fingerprint density at radius 3 is 2.55 bits per heavy atom. The van der Waals surface area contributed by atoms with Crippen LogP contribution in [0.15, 0.2) is 60.8 Å². The zero-order valence-corrected chi connectivity index (χ0v) is 17.9. The fourth-order valence-electron chi connectivity index (χ4n) is 4.23. The Labute approximate surface area is 182 Å². The van der Waals surface area contributed by atoms with Gasteiger partial charge in [-0.2, -0.15) is 5.10 Å². The number of benzene rings is 2. The van der Waals surface area contributed by atoms with Crippen LogP contribution in [-0.4, -0.2) is 31.2 Å². The summed E-state index contributed by atoms with van der Waals surface area (Å²) in [7, 11) is 0. The molecule has 0 saturated heterocycles. The molecule has 6 heteroatoms. The zero-order valence-electron chi connectivity index (χ0n) is 17.9. The highest BCUT2D eigenvalue weighted by Gasteiger charge is 2.22. The molecule has 0 atom stereocenters. The van der Waals surface area contributed by atoms with E-state index in [4.69, 9.17) is 15.8 Å². The number of nitrogens with zero attached hydrogens (tertiary/aromatic N) is 5. The number of hydrogen-bond acceptors (Lipinski definition) is 5. The van der Waals surface area contributed by atoms with Gasteiger partial charge in [0.15, 0.2) is 5.82 Å². The summed E-state index contributed by atoms with van der Waals surface area (Å²) < 4.78 is 2.05. The second-order valence-electron chi connectivity index (χ2n) is 8.14. The molecule has 0 saturated carbocycles. The molecular weight excluding hydrogens is 384 g/mol. The molecule has 0 unspecified atom stereocenters. The number of rotatable bonds is 4. The number of para-hydroxylation sites is 1. The molecule has 5 rings (SSSR count). The highest BCUT2D eigenvalue weighted by Crippen LogP contribution is 2.25. The highest BCUT2D eigenvalue weighted by atomic mass is 15.3. The number of anilines is 1. The largest absolute Gasteiger partial charge is 0.399 e. The number of nitrogen functional groups attached to an aromatic ring is 1. The van der Waals surface area contributed by atoms with Crippen molar-refractivity contribution in [3.05, 3.63) is 89.0 Å². The van der Waals surface area contributed by atoms with Crippen molar-refractivity contribution in [2.45, 2.75) is 33.4 Å². The number of fused-ring (bicyclic) bond motifs is 1. The lowest BCUT2D eigenvalue weighted by molar-refractivity contribution is 0.242. The van der Waals surface area contributed by atoms with Gasteiger partial charge < -0.3 is 5.73 Å². The molecule has 0 spiro atoms. The number of nitrogens with two attached hydrogens (primary N) is 1. The van der Waals surface area contributed by atoms with E-state index in [9.17, 15) is 0 Å². The molecule has 6 nitrogen and oxygen atoms in total. The van der Waals surface area contributed by atoms with Gasteiger partial charge in [0.25, 0.3) is 0 Å². The molecule has 156 valence electrons. The van der Waals surface area contributed by atoms with Gasteiger partial charge in [-0.05, 0) is 50.2 Å². The van der Waals surface area contributed by atoms with E-state index in [0.29, 0.717) is 0 Å². The molecule has 2 aromatic carbocycles. The number of aromatic nitrogens is 4. The summed E-state index contributed by atoms with van der Waals surface area (Å²) in [6, 6.07) is 18.0. The van der Waals surface area contributed by atoms with E-state index in [2.05, 4.69) is 35.9 Å². The minimum absolute atomic E-state index is 0.749. The maximum Gasteiger partial charge on any atom is 0.159 e. The van der Waals surface area contributed by atoms with E-state index in [-0.39, 0.29) is 0 Å². The Balaban J connectivity index is 1.35. The Morgan fingerprint density at radius 1 is 1.00 bits per heavy atom. The third kappa shape index (κ3) is 3.82. The van der Waals surface area contributed by atoms with Crippen LogP contribution in [0, 0.1) is 13.8 Å². The maximum atomic E-state index is 5.80. The van der Waals surface area contributed by atoms with Crippen molar-refractivity contribution in [1.82, 2.24) is 24.6 Å². The van der Waals surface area contributed by atoms with Crippen molar-refractivity contribution >= 4 is 5.69 Å². The monoisotopic (exact) mass is 410 g/mol. The predicted octanol–water partition coefficient (Wildman–Crippen LogP) is 4.09. The Hall–Kier alpha value is -3.51. The first-order valence-corrected chi connectivity index (χ1v) is 10.6. The summed E-state index contributed by atoms with van der Waals surface area (Å²) in [5, 5.41) is 4.80. The Bertz CT molecular complexity index is 1210. The first-order valence-electron chi connectivity index (χ1n) is 10.6. The number of hydrogen-bond donors (Lipinski definition) is 1. The van der Waals surface area contributed by atoms with Crippen molar-refractivity contribution in [2.24, 2.45) is 0 Å². The van der Waals surface area contributed by atoms with Crippen LogP contribution >= 0.6 is 0 Å². The predicted molar refractivity (Wildman–Crippen MR) is 123 cm³/mol. The molecule has 2 aromatic heterocycles. The summed E-state index contributed by atoms with van der Waals surface area (Å²) in [6.45, 7) is 6.96. The third-order valence-electron chi connectivity index (χ3n) is 6.01. The summed E-state index contributed by atoms with van der Waals surface area (Å²) in [5.74, 6) is 0.767. The van der Waals surface area contributed by atoms with E-state index in [0.717, 1.165) is 60.2 Å². The third-order valence-corrected chi connectivity index (χ3v) is 6.01. The van der Waals surface area contributed by atoms with Gasteiger partial charge >= 0.3 is 0 Å². The second-order valence-corrected chi connectivity index (χ2v) is 8.14. The normalized spacial score (nSPS) is 13.9. The van der Waals surface area contributed by atoms with Gasteiger partial charge in [-0.15, -0.1) is 0 Å². The van der Waals surface area contributed by atoms with Gasteiger partial charge in [-0.1, -0.05) is 18.2 Å². The molecule has 4 aromatic rings. The fraction of sp³-hybridized carbons (Fsp3) is 0.240. The van der Waals surface area contributed by atoms with Gasteiger partial charge in [-0.3, -0.25) is 4.90 Å². The van der Waals surface area contributed by atoms with Crippen molar-refractivity contribution < 1.29 is 0 Å². The smallest absolute Gasteiger partial charge is 0.159 e. The van der Waals surface area contributed by atoms with E-state index in [1.54, 1.807) is 0 Å². The van der Waals surface area contributed by atoms with Gasteiger partial charge in [-0.25, -0.2) is 14.6 Å². The van der Waals surface area contributed by atoms with Crippen LogP contribution in [0.1, 0.15) is 28.2 Å². The standard InChI is InChI=1S/C25H26N6/c1-17-23(18(2)31(29-17)22-6-4-3-5-7-22)16-30-13-12-24-20(15-30)14-27-25(28-24)19-8-10-21(26)11-9-19/h3-11,14H,12-13,15-16,26H2,1-2H3. The average molecular weight is 411 g/mol. The topological polar surface area (TPSA) is 72.9 Å². The molecule has 0 fully saturated rings. The lowest BCUT2D eigenvalue weighted by Gasteiger charge is -2.28. The van der Waals surface area contributed by atoms with Crippen molar-refractivity contribution in [1.29, 1.82) is 0 Å². The van der Waals surface area contributed by atoms with Crippen LogP contribution in [0.5, 0.6) is 0 Å². The maximum absolute atomic E-state index is 5.80.